The summed E-state index contributed by atoms with van der Waals surface area (Å²) in [5.74, 6) is 0.265. The molecule has 0 unspecified atom stereocenters. The van der Waals surface area contributed by atoms with Gasteiger partial charge in [0.15, 0.2) is 11.5 Å². The fourth-order valence-corrected chi connectivity index (χ4v) is 6.80. The summed E-state index contributed by atoms with van der Waals surface area (Å²) in [6, 6.07) is 15.5. The zero-order chi connectivity index (χ0) is 28.0. The van der Waals surface area contributed by atoms with Crippen LogP contribution in [0.4, 0.5) is 5.82 Å². The Kier molecular flexibility index (Phi) is 5.45. The van der Waals surface area contributed by atoms with Crippen molar-refractivity contribution in [3.63, 3.8) is 0 Å². The monoisotopic (exact) mass is 552 g/mol. The summed E-state index contributed by atoms with van der Waals surface area (Å²) in [7, 11) is 0. The van der Waals surface area contributed by atoms with Gasteiger partial charge in [0.2, 0.25) is 0 Å². The maximum absolute atomic E-state index is 11.2. The summed E-state index contributed by atoms with van der Waals surface area (Å²) in [5.41, 5.74) is 8.21. The van der Waals surface area contributed by atoms with Crippen molar-refractivity contribution in [2.75, 3.05) is 12.3 Å². The van der Waals surface area contributed by atoms with Crippen molar-refractivity contribution in [2.24, 2.45) is 0 Å². The van der Waals surface area contributed by atoms with Crippen LogP contribution in [0.25, 0.3) is 43.5 Å². The minimum atomic E-state index is -1.39. The molecule has 41 heavy (non-hydrogen) atoms. The van der Waals surface area contributed by atoms with Crippen LogP contribution in [0.15, 0.2) is 61.2 Å². The smallest absolute Gasteiger partial charge is 0.167 e. The van der Waals surface area contributed by atoms with Crippen molar-refractivity contribution in [3.05, 3.63) is 72.3 Å². The first kappa shape index (κ1) is 24.8. The lowest BCUT2D eigenvalue weighted by Gasteiger charge is -2.39. The second-order valence-electron chi connectivity index (χ2n) is 11.1. The highest BCUT2D eigenvalue weighted by Crippen LogP contribution is 2.45. The molecule has 0 amide bonds. The van der Waals surface area contributed by atoms with Gasteiger partial charge in [-0.1, -0.05) is 42.5 Å². The fraction of sp³-hybridized carbons (Fsp3) is 0.300. The van der Waals surface area contributed by atoms with Crippen molar-refractivity contribution in [3.8, 4) is 0 Å². The van der Waals surface area contributed by atoms with Gasteiger partial charge >= 0.3 is 0 Å². The molecule has 3 heterocycles. The van der Waals surface area contributed by atoms with Gasteiger partial charge < -0.3 is 36.2 Å². The van der Waals surface area contributed by atoms with Crippen molar-refractivity contribution in [1.82, 2.24) is 24.8 Å². The molecule has 2 aromatic heterocycles. The maximum atomic E-state index is 11.2. The van der Waals surface area contributed by atoms with Crippen LogP contribution in [0.1, 0.15) is 35.9 Å². The summed E-state index contributed by atoms with van der Waals surface area (Å²) < 4.78 is 7.95. The number of ether oxygens (including phenoxy) is 1. The van der Waals surface area contributed by atoms with Crippen LogP contribution in [0.5, 0.6) is 0 Å². The lowest BCUT2D eigenvalue weighted by atomic mass is 9.77. The van der Waals surface area contributed by atoms with Gasteiger partial charge in [0.25, 0.3) is 0 Å². The molecular weight excluding hydrogens is 524 g/mol. The predicted molar refractivity (Wildman–Crippen MR) is 152 cm³/mol. The van der Waals surface area contributed by atoms with Gasteiger partial charge in [-0.05, 0) is 49.5 Å². The Hall–Kier alpha value is -3.97. The van der Waals surface area contributed by atoms with E-state index in [9.17, 15) is 20.4 Å². The number of nitrogens with zero attached hydrogens (tertiary/aromatic N) is 4. The highest BCUT2D eigenvalue weighted by Gasteiger charge is 2.43. The number of nitrogen functional groups attached to an aromatic ring is 1. The van der Waals surface area contributed by atoms with Gasteiger partial charge in [0, 0.05) is 13.0 Å². The molecule has 0 bridgehead atoms. The van der Waals surface area contributed by atoms with E-state index in [-0.39, 0.29) is 12.4 Å². The molecule has 1 fully saturated rings. The number of hydrogen-bond donors (Lipinski definition) is 6. The SMILES string of the molecule is Nc1ncnc2c1ncn2[C@H]1C[C@H](O)[C@@H](CN[C@H]2c3c(cc4ccc5cccc6ccc3c4c56)[C@H](O)[C@@H](O)[C@H]2O)O1. The molecule has 0 saturated carbocycles. The van der Waals surface area contributed by atoms with E-state index in [1.54, 1.807) is 10.9 Å². The Labute approximate surface area is 233 Å². The number of aromatic nitrogens is 4. The number of benzene rings is 4. The van der Waals surface area contributed by atoms with Crippen molar-refractivity contribution in [2.45, 2.75) is 49.2 Å². The van der Waals surface area contributed by atoms with Gasteiger partial charge in [0.1, 0.15) is 36.4 Å². The van der Waals surface area contributed by atoms with E-state index >= 15 is 0 Å². The molecule has 6 aromatic rings. The van der Waals surface area contributed by atoms with Gasteiger partial charge in [-0.2, -0.15) is 0 Å². The molecular formula is C30H28N6O5. The maximum Gasteiger partial charge on any atom is 0.167 e. The minimum Gasteiger partial charge on any atom is -0.390 e. The topological polar surface area (TPSA) is 172 Å². The second-order valence-corrected chi connectivity index (χ2v) is 11.1. The van der Waals surface area contributed by atoms with E-state index in [0.717, 1.165) is 37.9 Å². The van der Waals surface area contributed by atoms with E-state index in [1.165, 1.54) is 6.33 Å². The van der Waals surface area contributed by atoms with Crippen molar-refractivity contribution < 1.29 is 25.2 Å². The lowest BCUT2D eigenvalue weighted by Crippen LogP contribution is -2.49. The normalized spacial score (nSPS) is 28.3. The molecule has 1 aliphatic carbocycles. The largest absolute Gasteiger partial charge is 0.390 e. The highest BCUT2D eigenvalue weighted by atomic mass is 16.5. The number of nitrogens with two attached hydrogens (primary N) is 1. The van der Waals surface area contributed by atoms with E-state index < -0.39 is 42.8 Å². The molecule has 4 aromatic carbocycles. The average molecular weight is 553 g/mol. The van der Waals surface area contributed by atoms with Gasteiger partial charge in [0.05, 0.1) is 24.6 Å². The van der Waals surface area contributed by atoms with E-state index in [4.69, 9.17) is 10.5 Å². The third kappa shape index (κ3) is 3.58. The number of fused-ring (bicyclic) bond motifs is 3. The number of rotatable bonds is 4. The number of aliphatic hydroxyl groups is 4. The zero-order valence-corrected chi connectivity index (χ0v) is 21.8. The minimum absolute atomic E-state index is 0.188. The molecule has 7 atom stereocenters. The molecule has 1 saturated heterocycles. The van der Waals surface area contributed by atoms with Crippen LogP contribution in [0.2, 0.25) is 0 Å². The summed E-state index contributed by atoms with van der Waals surface area (Å²) in [6.45, 7) is 0.188. The lowest BCUT2D eigenvalue weighted by molar-refractivity contribution is -0.0874. The number of anilines is 1. The third-order valence-corrected chi connectivity index (χ3v) is 8.81. The number of aliphatic hydroxyl groups excluding tert-OH is 4. The first-order chi connectivity index (χ1) is 19.9. The predicted octanol–water partition coefficient (Wildman–Crippen LogP) is 2.05. The molecule has 7 N–H and O–H groups in total. The molecule has 11 nitrogen and oxygen atoms in total. The highest BCUT2D eigenvalue weighted by molar-refractivity contribution is 6.23. The summed E-state index contributed by atoms with van der Waals surface area (Å²) >= 11 is 0. The Morgan fingerprint density at radius 2 is 1.71 bits per heavy atom. The van der Waals surface area contributed by atoms with Gasteiger partial charge in [-0.25, -0.2) is 15.0 Å². The number of hydrogen-bond acceptors (Lipinski definition) is 10. The summed E-state index contributed by atoms with van der Waals surface area (Å²) in [5, 5.41) is 53.6. The van der Waals surface area contributed by atoms with Crippen molar-refractivity contribution >= 4 is 49.3 Å². The van der Waals surface area contributed by atoms with E-state index in [0.29, 0.717) is 23.1 Å². The fourth-order valence-electron chi connectivity index (χ4n) is 6.80. The first-order valence-corrected chi connectivity index (χ1v) is 13.6. The molecule has 1 aliphatic heterocycles. The molecule has 0 spiro atoms. The van der Waals surface area contributed by atoms with E-state index in [1.807, 2.05) is 30.3 Å². The van der Waals surface area contributed by atoms with Gasteiger partial charge in [-0.3, -0.25) is 4.57 Å². The molecule has 2 aliphatic rings. The molecule has 208 valence electrons. The van der Waals surface area contributed by atoms with Crippen LogP contribution >= 0.6 is 0 Å². The van der Waals surface area contributed by atoms with Crippen LogP contribution in [-0.2, 0) is 4.74 Å². The standard InChI is InChI=1S/C30H28N6O5/c31-29-25-30(34-11-33-29)36(12-35-25)20-9-18(37)19(41-20)10-32-24-23-16-7-6-14-3-1-2-13-4-5-15(22(16)21(13)14)8-17(23)26(38)28(40)27(24)39/h1-8,11-12,18-20,24,26-28,32,37-40H,9-10H2,(H2,31,33,34)/t18-,19+,20+,24-,26-,27-,28+/m0/s1. The molecule has 11 heteroatoms. The van der Waals surface area contributed by atoms with Crippen LogP contribution in [-0.4, -0.2) is 70.9 Å². The van der Waals surface area contributed by atoms with Crippen LogP contribution in [0, 0.1) is 0 Å². The van der Waals surface area contributed by atoms with Crippen LogP contribution in [0.3, 0.4) is 0 Å². The molecule has 8 rings (SSSR count). The number of imidazole rings is 1. The Balaban J connectivity index is 1.15. The average Bonchev–Trinajstić information content (AvgIpc) is 3.58. The summed E-state index contributed by atoms with van der Waals surface area (Å²) in [6.07, 6.45) is -2.63. The third-order valence-electron chi connectivity index (χ3n) is 8.81. The zero-order valence-electron chi connectivity index (χ0n) is 21.8. The van der Waals surface area contributed by atoms with E-state index in [2.05, 4.69) is 38.5 Å². The van der Waals surface area contributed by atoms with Gasteiger partial charge in [-0.15, -0.1) is 0 Å². The summed E-state index contributed by atoms with van der Waals surface area (Å²) in [4.78, 5) is 12.5. The quantitative estimate of drug-likeness (QED) is 0.178. The Morgan fingerprint density at radius 3 is 2.54 bits per heavy atom. The Morgan fingerprint density at radius 1 is 0.927 bits per heavy atom. The van der Waals surface area contributed by atoms with Crippen molar-refractivity contribution in [1.29, 1.82) is 0 Å². The first-order valence-electron chi connectivity index (χ1n) is 13.6. The number of nitrogens with one attached hydrogen (secondary N) is 1. The van der Waals surface area contributed by atoms with Crippen LogP contribution < -0.4 is 11.1 Å². The molecule has 0 radical (unpaired) electrons. The second kappa shape index (κ2) is 9.02. The Bertz CT molecular complexity index is 1930.